The standard InChI is InChI=1S/C21H22N2O5S/c1-3-19(24)28-17(16-9-4-13(2)11-22-16)12-27-15-7-5-14(6-8-15)10-18-20(25)23-21(26)29-18/h4-9,11,17-18H,3,10,12H2,1-2H3,(H,23,25,26). The van der Waals surface area contributed by atoms with Gasteiger partial charge in [-0.2, -0.15) is 0 Å². The number of aromatic nitrogens is 1. The van der Waals surface area contributed by atoms with Gasteiger partial charge >= 0.3 is 5.97 Å². The molecule has 1 saturated heterocycles. The summed E-state index contributed by atoms with van der Waals surface area (Å²) < 4.78 is 11.3. The van der Waals surface area contributed by atoms with E-state index in [4.69, 9.17) is 9.47 Å². The normalized spacial score (nSPS) is 17.0. The lowest BCUT2D eigenvalue weighted by Crippen LogP contribution is -2.25. The lowest BCUT2D eigenvalue weighted by molar-refractivity contribution is -0.150. The van der Waals surface area contributed by atoms with Gasteiger partial charge in [0.25, 0.3) is 5.24 Å². The second-order valence-electron chi connectivity index (χ2n) is 6.63. The molecule has 1 aromatic heterocycles. The van der Waals surface area contributed by atoms with Gasteiger partial charge in [-0.1, -0.05) is 36.9 Å². The Bertz CT molecular complexity index is 883. The van der Waals surface area contributed by atoms with E-state index in [-0.39, 0.29) is 30.1 Å². The quantitative estimate of drug-likeness (QED) is 0.662. The summed E-state index contributed by atoms with van der Waals surface area (Å²) >= 11 is 1.01. The van der Waals surface area contributed by atoms with Crippen molar-refractivity contribution in [1.29, 1.82) is 0 Å². The Balaban J connectivity index is 1.61. The van der Waals surface area contributed by atoms with Crippen LogP contribution in [-0.2, 0) is 20.7 Å². The third kappa shape index (κ3) is 5.80. The lowest BCUT2D eigenvalue weighted by atomic mass is 10.1. The number of benzene rings is 1. The summed E-state index contributed by atoms with van der Waals surface area (Å²) in [6.07, 6.45) is 1.85. The Morgan fingerprint density at radius 1 is 1.21 bits per heavy atom. The fraction of sp³-hybridized carbons (Fsp3) is 0.333. The zero-order valence-electron chi connectivity index (χ0n) is 16.2. The number of imide groups is 1. The molecule has 1 aromatic carbocycles. The summed E-state index contributed by atoms with van der Waals surface area (Å²) in [7, 11) is 0. The van der Waals surface area contributed by atoms with Crippen LogP contribution in [0.4, 0.5) is 4.79 Å². The van der Waals surface area contributed by atoms with E-state index in [9.17, 15) is 14.4 Å². The van der Waals surface area contributed by atoms with Gasteiger partial charge in [-0.15, -0.1) is 0 Å². The molecule has 29 heavy (non-hydrogen) atoms. The van der Waals surface area contributed by atoms with Crippen LogP contribution < -0.4 is 10.1 Å². The highest BCUT2D eigenvalue weighted by molar-refractivity contribution is 8.15. The van der Waals surface area contributed by atoms with Crippen molar-refractivity contribution < 1.29 is 23.9 Å². The number of esters is 1. The van der Waals surface area contributed by atoms with Crippen molar-refractivity contribution in [1.82, 2.24) is 10.3 Å². The van der Waals surface area contributed by atoms with E-state index in [0.29, 0.717) is 17.9 Å². The predicted octanol–water partition coefficient (Wildman–Crippen LogP) is 3.36. The van der Waals surface area contributed by atoms with Crippen molar-refractivity contribution in [2.75, 3.05) is 6.61 Å². The van der Waals surface area contributed by atoms with Crippen molar-refractivity contribution in [3.63, 3.8) is 0 Å². The minimum Gasteiger partial charge on any atom is -0.489 e. The monoisotopic (exact) mass is 414 g/mol. The average molecular weight is 414 g/mol. The van der Waals surface area contributed by atoms with Crippen molar-refractivity contribution >= 4 is 28.9 Å². The molecule has 2 atom stereocenters. The van der Waals surface area contributed by atoms with Crippen LogP contribution in [0.5, 0.6) is 5.75 Å². The van der Waals surface area contributed by atoms with Gasteiger partial charge in [0.2, 0.25) is 5.91 Å². The summed E-state index contributed by atoms with van der Waals surface area (Å²) in [6.45, 7) is 3.81. The van der Waals surface area contributed by atoms with Crippen LogP contribution in [-0.4, -0.2) is 34.0 Å². The van der Waals surface area contributed by atoms with Gasteiger partial charge in [-0.25, -0.2) is 0 Å². The smallest absolute Gasteiger partial charge is 0.306 e. The molecule has 0 bridgehead atoms. The average Bonchev–Trinajstić information content (AvgIpc) is 3.03. The molecule has 0 aliphatic carbocycles. The second kappa shape index (κ2) is 9.56. The number of hydrogen-bond acceptors (Lipinski definition) is 7. The number of nitrogens with one attached hydrogen (secondary N) is 1. The van der Waals surface area contributed by atoms with E-state index in [0.717, 1.165) is 22.9 Å². The highest BCUT2D eigenvalue weighted by Gasteiger charge is 2.31. The second-order valence-corrected chi connectivity index (χ2v) is 7.81. The Morgan fingerprint density at radius 2 is 1.97 bits per heavy atom. The largest absolute Gasteiger partial charge is 0.489 e. The van der Waals surface area contributed by atoms with Gasteiger partial charge in [0.1, 0.15) is 12.4 Å². The maximum atomic E-state index is 11.8. The Hall–Kier alpha value is -2.87. The predicted molar refractivity (Wildman–Crippen MR) is 109 cm³/mol. The van der Waals surface area contributed by atoms with Gasteiger partial charge in [-0.05, 0) is 42.7 Å². The number of rotatable bonds is 8. The van der Waals surface area contributed by atoms with E-state index in [1.165, 1.54) is 0 Å². The fourth-order valence-corrected chi connectivity index (χ4v) is 3.59. The molecule has 0 saturated carbocycles. The SMILES string of the molecule is CCC(=O)OC(COc1ccc(CC2SC(=O)NC2=O)cc1)c1ccc(C)cn1. The minimum absolute atomic E-state index is 0.135. The molecular weight excluding hydrogens is 392 g/mol. The van der Waals surface area contributed by atoms with Gasteiger partial charge in [0.15, 0.2) is 6.10 Å². The Labute approximate surface area is 173 Å². The molecule has 2 unspecified atom stereocenters. The van der Waals surface area contributed by atoms with Gasteiger partial charge in [-0.3, -0.25) is 24.7 Å². The summed E-state index contributed by atoms with van der Waals surface area (Å²) in [5.74, 6) is 0.0303. The third-order valence-electron chi connectivity index (χ3n) is 4.34. The topological polar surface area (TPSA) is 94.6 Å². The molecule has 2 aromatic rings. The van der Waals surface area contributed by atoms with Crippen LogP contribution in [0.25, 0.3) is 0 Å². The van der Waals surface area contributed by atoms with Crippen molar-refractivity contribution in [3.8, 4) is 5.75 Å². The van der Waals surface area contributed by atoms with Gasteiger partial charge < -0.3 is 9.47 Å². The van der Waals surface area contributed by atoms with Crippen molar-refractivity contribution in [3.05, 3.63) is 59.4 Å². The molecule has 2 heterocycles. The number of carbonyl (C=O) groups is 3. The van der Waals surface area contributed by atoms with Crippen LogP contribution in [0.1, 0.15) is 36.3 Å². The number of aryl methyl sites for hydroxylation is 1. The molecule has 1 fully saturated rings. The number of nitrogens with zero attached hydrogens (tertiary/aromatic N) is 1. The first-order valence-corrected chi connectivity index (χ1v) is 10.2. The van der Waals surface area contributed by atoms with E-state index in [1.807, 2.05) is 31.2 Å². The van der Waals surface area contributed by atoms with E-state index in [1.54, 1.807) is 25.3 Å². The van der Waals surface area contributed by atoms with E-state index >= 15 is 0 Å². The molecule has 152 valence electrons. The first kappa shape index (κ1) is 20.9. The molecule has 0 spiro atoms. The zero-order valence-corrected chi connectivity index (χ0v) is 17.0. The fourth-order valence-electron chi connectivity index (χ4n) is 2.73. The van der Waals surface area contributed by atoms with Crippen LogP contribution in [0.2, 0.25) is 0 Å². The lowest BCUT2D eigenvalue weighted by Gasteiger charge is -2.18. The number of hydrogen-bond donors (Lipinski definition) is 1. The number of carbonyl (C=O) groups excluding carboxylic acids is 3. The molecule has 1 aliphatic heterocycles. The number of ether oxygens (including phenoxy) is 2. The molecule has 1 aliphatic rings. The third-order valence-corrected chi connectivity index (χ3v) is 5.32. The summed E-state index contributed by atoms with van der Waals surface area (Å²) in [5, 5.41) is 1.57. The maximum Gasteiger partial charge on any atom is 0.306 e. The van der Waals surface area contributed by atoms with Crippen molar-refractivity contribution in [2.45, 2.75) is 38.0 Å². The van der Waals surface area contributed by atoms with Crippen molar-refractivity contribution in [2.24, 2.45) is 0 Å². The first-order chi connectivity index (χ1) is 13.9. The first-order valence-electron chi connectivity index (χ1n) is 9.30. The van der Waals surface area contributed by atoms with Crippen LogP contribution in [0.3, 0.4) is 0 Å². The summed E-state index contributed by atoms with van der Waals surface area (Å²) in [5.41, 5.74) is 2.57. The Morgan fingerprint density at radius 3 is 2.55 bits per heavy atom. The minimum atomic E-state index is -0.604. The number of pyridine rings is 1. The van der Waals surface area contributed by atoms with Gasteiger partial charge in [0.05, 0.1) is 10.9 Å². The molecule has 2 amide bonds. The number of thioether (sulfide) groups is 1. The Kier molecular flexibility index (Phi) is 6.87. The summed E-state index contributed by atoms with van der Waals surface area (Å²) in [6, 6.07) is 11.0. The molecular formula is C21H22N2O5S. The van der Waals surface area contributed by atoms with Crippen LogP contribution >= 0.6 is 11.8 Å². The molecule has 0 radical (unpaired) electrons. The molecule has 3 rings (SSSR count). The molecule has 8 heteroatoms. The van der Waals surface area contributed by atoms with Crippen LogP contribution in [0.15, 0.2) is 42.6 Å². The maximum absolute atomic E-state index is 11.8. The zero-order chi connectivity index (χ0) is 20.8. The molecule has 7 nitrogen and oxygen atoms in total. The highest BCUT2D eigenvalue weighted by Crippen LogP contribution is 2.24. The highest BCUT2D eigenvalue weighted by atomic mass is 32.2. The number of amides is 2. The van der Waals surface area contributed by atoms with Gasteiger partial charge in [0, 0.05) is 12.6 Å². The molecule has 1 N–H and O–H groups in total. The van der Waals surface area contributed by atoms with E-state index < -0.39 is 11.4 Å². The van der Waals surface area contributed by atoms with E-state index in [2.05, 4.69) is 10.3 Å². The van der Waals surface area contributed by atoms with Crippen LogP contribution in [0, 0.1) is 6.92 Å². The summed E-state index contributed by atoms with van der Waals surface area (Å²) in [4.78, 5) is 39.0.